The number of aromatic nitrogens is 3. The van der Waals surface area contributed by atoms with Gasteiger partial charge in [0.15, 0.2) is 5.82 Å². The van der Waals surface area contributed by atoms with E-state index in [-0.39, 0.29) is 5.57 Å². The van der Waals surface area contributed by atoms with Crippen molar-refractivity contribution in [2.24, 2.45) is 0 Å². The van der Waals surface area contributed by atoms with Crippen molar-refractivity contribution < 1.29 is 13.2 Å². The maximum absolute atomic E-state index is 12.8. The standard InChI is InChI=1S/C16H16F3N5/c1-23-10-11(16(17,18)19)6-7-13(23)12(9-20)15-22-21-14-5-3-2-4-8-24(14)15/h6-7,10H,2-5,8H2,1H3/b13-12+. The quantitative estimate of drug-likeness (QED) is 0.740. The number of alkyl halides is 3. The summed E-state index contributed by atoms with van der Waals surface area (Å²) in [4.78, 5) is 1.31. The van der Waals surface area contributed by atoms with Crippen molar-refractivity contribution in [2.75, 3.05) is 7.05 Å². The molecule has 0 atom stereocenters. The normalized spacial score (nSPS) is 20.1. The van der Waals surface area contributed by atoms with Gasteiger partial charge < -0.3 is 9.47 Å². The molecule has 0 fully saturated rings. The van der Waals surface area contributed by atoms with Crippen molar-refractivity contribution in [2.45, 2.75) is 38.4 Å². The fraction of sp³-hybridized carbons (Fsp3) is 0.438. The number of nitrogens with zero attached hydrogens (tertiary/aromatic N) is 5. The first kappa shape index (κ1) is 16.3. The van der Waals surface area contributed by atoms with E-state index in [4.69, 9.17) is 0 Å². The molecule has 126 valence electrons. The molecule has 5 nitrogen and oxygen atoms in total. The summed E-state index contributed by atoms with van der Waals surface area (Å²) in [6.45, 7) is 0.715. The Kier molecular flexibility index (Phi) is 4.18. The van der Waals surface area contributed by atoms with Gasteiger partial charge in [-0.05, 0) is 25.0 Å². The monoisotopic (exact) mass is 335 g/mol. The van der Waals surface area contributed by atoms with Crippen molar-refractivity contribution in [3.63, 3.8) is 0 Å². The largest absolute Gasteiger partial charge is 0.417 e. The molecule has 0 N–H and O–H groups in total. The number of rotatable bonds is 1. The highest BCUT2D eigenvalue weighted by molar-refractivity contribution is 5.78. The summed E-state index contributed by atoms with van der Waals surface area (Å²) in [5, 5.41) is 17.8. The smallest absolute Gasteiger partial charge is 0.349 e. The Bertz CT molecular complexity index is 777. The lowest BCUT2D eigenvalue weighted by Crippen LogP contribution is -2.21. The maximum atomic E-state index is 12.8. The number of nitriles is 1. The number of hydrogen-bond acceptors (Lipinski definition) is 4. The topological polar surface area (TPSA) is 57.7 Å². The van der Waals surface area contributed by atoms with E-state index in [1.165, 1.54) is 18.0 Å². The lowest BCUT2D eigenvalue weighted by molar-refractivity contribution is -0.0892. The van der Waals surface area contributed by atoms with Crippen molar-refractivity contribution in [1.82, 2.24) is 19.7 Å². The minimum atomic E-state index is -4.42. The molecule has 0 aliphatic carbocycles. The second-order valence-electron chi connectivity index (χ2n) is 5.80. The summed E-state index contributed by atoms with van der Waals surface area (Å²) < 4.78 is 40.3. The highest BCUT2D eigenvalue weighted by Gasteiger charge is 2.34. The van der Waals surface area contributed by atoms with Gasteiger partial charge in [-0.1, -0.05) is 6.42 Å². The SMILES string of the molecule is CN1C=C(C(F)(F)F)C=C/C1=C(/C#N)c1nnc2n1CCCCC2. The summed E-state index contributed by atoms with van der Waals surface area (Å²) in [5.41, 5.74) is -0.150. The summed E-state index contributed by atoms with van der Waals surface area (Å²) >= 11 is 0. The molecular weight excluding hydrogens is 319 g/mol. The molecule has 0 bridgehead atoms. The maximum Gasteiger partial charge on any atom is 0.417 e. The number of allylic oxidation sites excluding steroid dienone is 4. The fourth-order valence-electron chi connectivity index (χ4n) is 2.93. The van der Waals surface area contributed by atoms with Gasteiger partial charge in [-0.15, -0.1) is 10.2 Å². The van der Waals surface area contributed by atoms with Crippen molar-refractivity contribution in [3.05, 3.63) is 41.3 Å². The molecule has 1 aromatic heterocycles. The molecule has 1 aromatic rings. The van der Waals surface area contributed by atoms with Crippen LogP contribution in [-0.2, 0) is 13.0 Å². The van der Waals surface area contributed by atoms with Gasteiger partial charge in [-0.25, -0.2) is 0 Å². The Morgan fingerprint density at radius 2 is 2.00 bits per heavy atom. The summed E-state index contributed by atoms with van der Waals surface area (Å²) in [5.74, 6) is 1.24. The number of halogens is 3. The fourth-order valence-corrected chi connectivity index (χ4v) is 2.93. The molecule has 0 saturated heterocycles. The van der Waals surface area contributed by atoms with E-state index in [1.807, 2.05) is 4.57 Å². The molecule has 0 aromatic carbocycles. The Morgan fingerprint density at radius 3 is 2.67 bits per heavy atom. The predicted molar refractivity (Wildman–Crippen MR) is 81.2 cm³/mol. The number of hydrogen-bond donors (Lipinski definition) is 0. The van der Waals surface area contributed by atoms with E-state index in [0.29, 0.717) is 18.1 Å². The van der Waals surface area contributed by atoms with E-state index < -0.39 is 11.7 Å². The lowest BCUT2D eigenvalue weighted by atomic mass is 10.1. The van der Waals surface area contributed by atoms with Gasteiger partial charge in [0.05, 0.1) is 11.3 Å². The molecular formula is C16H16F3N5. The van der Waals surface area contributed by atoms with Crippen LogP contribution in [0.5, 0.6) is 0 Å². The second kappa shape index (κ2) is 6.15. The van der Waals surface area contributed by atoms with Crippen LogP contribution in [0.15, 0.2) is 29.6 Å². The zero-order chi connectivity index (χ0) is 17.3. The average Bonchev–Trinajstić information content (AvgIpc) is 2.77. The van der Waals surface area contributed by atoms with Crippen LogP contribution in [0.25, 0.3) is 5.57 Å². The zero-order valence-corrected chi connectivity index (χ0v) is 13.1. The van der Waals surface area contributed by atoms with Crippen LogP contribution in [0.3, 0.4) is 0 Å². The van der Waals surface area contributed by atoms with Gasteiger partial charge in [0.2, 0.25) is 0 Å². The minimum Gasteiger partial charge on any atom is -0.349 e. The second-order valence-corrected chi connectivity index (χ2v) is 5.80. The molecule has 8 heteroatoms. The van der Waals surface area contributed by atoms with Gasteiger partial charge in [0, 0.05) is 26.2 Å². The minimum absolute atomic E-state index is 0.229. The molecule has 0 spiro atoms. The zero-order valence-electron chi connectivity index (χ0n) is 13.1. The van der Waals surface area contributed by atoms with E-state index in [1.54, 1.807) is 0 Å². The highest BCUT2D eigenvalue weighted by atomic mass is 19.4. The third-order valence-corrected chi connectivity index (χ3v) is 4.16. The first-order valence-corrected chi connectivity index (χ1v) is 7.68. The van der Waals surface area contributed by atoms with Crippen LogP contribution in [0.2, 0.25) is 0 Å². The Hall–Kier alpha value is -2.56. The van der Waals surface area contributed by atoms with E-state index >= 15 is 0 Å². The van der Waals surface area contributed by atoms with Crippen molar-refractivity contribution in [3.8, 4) is 6.07 Å². The van der Waals surface area contributed by atoms with Gasteiger partial charge in [0.1, 0.15) is 17.5 Å². The Morgan fingerprint density at radius 1 is 1.21 bits per heavy atom. The molecule has 24 heavy (non-hydrogen) atoms. The van der Waals surface area contributed by atoms with Crippen LogP contribution in [0.1, 0.15) is 30.9 Å². The number of aryl methyl sites for hydroxylation is 1. The van der Waals surface area contributed by atoms with Crippen LogP contribution >= 0.6 is 0 Å². The van der Waals surface area contributed by atoms with Gasteiger partial charge >= 0.3 is 6.18 Å². The number of likely N-dealkylation sites (N-methyl/N-ethyl adjacent to an activating group) is 1. The molecule has 2 aliphatic heterocycles. The molecule has 2 aliphatic rings. The number of fused-ring (bicyclic) bond motifs is 1. The van der Waals surface area contributed by atoms with Crippen molar-refractivity contribution in [1.29, 1.82) is 5.26 Å². The van der Waals surface area contributed by atoms with Crippen LogP contribution in [0, 0.1) is 11.3 Å². The molecule has 0 saturated carbocycles. The van der Waals surface area contributed by atoms with Crippen LogP contribution in [-0.4, -0.2) is 32.9 Å². The Labute approximate surface area is 137 Å². The summed E-state index contributed by atoms with van der Waals surface area (Å²) in [6, 6.07) is 2.08. The van der Waals surface area contributed by atoms with Crippen LogP contribution < -0.4 is 0 Å². The van der Waals surface area contributed by atoms with E-state index in [2.05, 4.69) is 16.3 Å². The molecule has 3 rings (SSSR count). The first-order chi connectivity index (χ1) is 11.4. The van der Waals surface area contributed by atoms with Crippen molar-refractivity contribution >= 4 is 5.57 Å². The van der Waals surface area contributed by atoms with Crippen LogP contribution in [0.4, 0.5) is 13.2 Å². The predicted octanol–water partition coefficient (Wildman–Crippen LogP) is 3.19. The van der Waals surface area contributed by atoms with E-state index in [0.717, 1.165) is 43.8 Å². The molecule has 0 radical (unpaired) electrons. The van der Waals surface area contributed by atoms with E-state index in [9.17, 15) is 18.4 Å². The van der Waals surface area contributed by atoms with Gasteiger partial charge in [-0.3, -0.25) is 0 Å². The van der Waals surface area contributed by atoms with Gasteiger partial charge in [0.25, 0.3) is 0 Å². The Balaban J connectivity index is 2.03. The lowest BCUT2D eigenvalue weighted by Gasteiger charge is -2.23. The average molecular weight is 335 g/mol. The summed E-state index contributed by atoms with van der Waals surface area (Å²) in [6.07, 6.45) is 2.71. The molecule has 3 heterocycles. The third-order valence-electron chi connectivity index (χ3n) is 4.16. The summed E-state index contributed by atoms with van der Waals surface area (Å²) in [7, 11) is 1.49. The third kappa shape index (κ3) is 2.94. The molecule has 0 unspecified atom stereocenters. The highest BCUT2D eigenvalue weighted by Crippen LogP contribution is 2.32. The molecule has 0 amide bonds. The van der Waals surface area contributed by atoms with Gasteiger partial charge in [-0.2, -0.15) is 18.4 Å². The first-order valence-electron chi connectivity index (χ1n) is 7.68.